The number of sulfonamides is 1. The molecule has 3 aromatic rings. The Hall–Kier alpha value is -2.67. The number of fused-ring (bicyclic) bond motifs is 3. The molecular weight excluding hydrogens is 479 g/mol. The van der Waals surface area contributed by atoms with Gasteiger partial charge >= 0.3 is 0 Å². The van der Waals surface area contributed by atoms with Gasteiger partial charge in [-0.2, -0.15) is 0 Å². The fraction of sp³-hybridized carbons (Fsp3) is 0.200. The van der Waals surface area contributed by atoms with E-state index in [1.807, 2.05) is 18.2 Å². The predicted octanol–water partition coefficient (Wildman–Crippen LogP) is 6.63. The number of benzene rings is 3. The predicted molar refractivity (Wildman–Crippen MR) is 133 cm³/mol. The molecule has 5 nitrogen and oxygen atoms in total. The van der Waals surface area contributed by atoms with Crippen LogP contribution < -0.4 is 14.8 Å². The molecule has 1 heterocycles. The second-order valence-electron chi connectivity index (χ2n) is 8.23. The van der Waals surface area contributed by atoms with Crippen LogP contribution >= 0.6 is 23.2 Å². The lowest BCUT2D eigenvalue weighted by Gasteiger charge is -2.37. The van der Waals surface area contributed by atoms with Gasteiger partial charge < -0.3 is 10.1 Å². The second kappa shape index (κ2) is 8.60. The molecule has 5 rings (SSSR count). The maximum absolute atomic E-state index is 13.1. The molecular formula is C25H22Cl2N2O3S. The molecule has 2 aliphatic rings. The number of allylic oxidation sites excluding steroid dienone is 2. The summed E-state index contributed by atoms with van der Waals surface area (Å²) in [6, 6.07) is 18.1. The summed E-state index contributed by atoms with van der Waals surface area (Å²) in [7, 11) is -2.19. The minimum Gasteiger partial charge on any atom is -0.497 e. The normalized spacial score (nSPS) is 21.1. The lowest BCUT2D eigenvalue weighted by Crippen LogP contribution is -2.29. The zero-order valence-electron chi connectivity index (χ0n) is 17.8. The quantitative estimate of drug-likeness (QED) is 0.385. The van der Waals surface area contributed by atoms with Gasteiger partial charge in [-0.25, -0.2) is 8.42 Å². The molecule has 0 spiro atoms. The highest BCUT2D eigenvalue weighted by Gasteiger charge is 2.38. The Labute approximate surface area is 203 Å². The minimum absolute atomic E-state index is 0.120. The van der Waals surface area contributed by atoms with Crippen molar-refractivity contribution in [3.63, 3.8) is 0 Å². The molecule has 3 atom stereocenters. The number of nitrogens with one attached hydrogen (secondary N) is 2. The van der Waals surface area contributed by atoms with E-state index in [4.69, 9.17) is 27.9 Å². The molecule has 0 bridgehead atoms. The van der Waals surface area contributed by atoms with Crippen molar-refractivity contribution in [3.05, 3.63) is 94.0 Å². The van der Waals surface area contributed by atoms with Crippen LogP contribution in [0, 0.1) is 5.92 Å². The Morgan fingerprint density at radius 2 is 1.82 bits per heavy atom. The van der Waals surface area contributed by atoms with Gasteiger partial charge in [0, 0.05) is 16.6 Å². The van der Waals surface area contributed by atoms with Crippen LogP contribution in [0.1, 0.15) is 29.5 Å². The molecule has 0 amide bonds. The topological polar surface area (TPSA) is 67.4 Å². The summed E-state index contributed by atoms with van der Waals surface area (Å²) in [4.78, 5) is 0.182. The van der Waals surface area contributed by atoms with Gasteiger partial charge in [-0.15, -0.1) is 0 Å². The fourth-order valence-electron chi connectivity index (χ4n) is 4.66. The van der Waals surface area contributed by atoms with Gasteiger partial charge in [0.1, 0.15) is 5.75 Å². The zero-order chi connectivity index (χ0) is 23.2. The number of halogens is 2. The summed E-state index contributed by atoms with van der Waals surface area (Å²) in [5, 5.41) is 4.31. The van der Waals surface area contributed by atoms with Crippen LogP contribution in [0.4, 0.5) is 11.4 Å². The van der Waals surface area contributed by atoms with Crippen LogP contribution in [0.5, 0.6) is 5.75 Å². The number of rotatable bonds is 5. The first-order valence-corrected chi connectivity index (χ1v) is 12.8. The molecule has 0 aromatic heterocycles. The van der Waals surface area contributed by atoms with Crippen molar-refractivity contribution in [2.75, 3.05) is 17.1 Å². The maximum Gasteiger partial charge on any atom is 0.261 e. The van der Waals surface area contributed by atoms with Crippen LogP contribution in [0.15, 0.2) is 77.7 Å². The molecule has 0 saturated heterocycles. The smallest absolute Gasteiger partial charge is 0.261 e. The fourth-order valence-corrected chi connectivity index (χ4v) is 6.16. The molecule has 170 valence electrons. The van der Waals surface area contributed by atoms with Gasteiger partial charge in [-0.3, -0.25) is 4.72 Å². The third-order valence-corrected chi connectivity index (χ3v) is 8.22. The Morgan fingerprint density at radius 3 is 2.58 bits per heavy atom. The maximum atomic E-state index is 13.1. The Balaban J connectivity index is 1.48. The average Bonchev–Trinajstić information content (AvgIpc) is 3.31. The van der Waals surface area contributed by atoms with E-state index in [0.717, 1.165) is 23.4 Å². The molecule has 8 heteroatoms. The van der Waals surface area contributed by atoms with Crippen molar-refractivity contribution in [1.82, 2.24) is 0 Å². The monoisotopic (exact) mass is 500 g/mol. The lowest BCUT2D eigenvalue weighted by atomic mass is 9.77. The Morgan fingerprint density at radius 1 is 1.03 bits per heavy atom. The van der Waals surface area contributed by atoms with E-state index in [9.17, 15) is 8.42 Å². The number of methoxy groups -OCH3 is 1. The van der Waals surface area contributed by atoms with Gasteiger partial charge in [-0.1, -0.05) is 47.5 Å². The summed E-state index contributed by atoms with van der Waals surface area (Å²) >= 11 is 12.2. The standard InChI is InChI=1S/C25H22Cl2N2O3S/c1-32-17-8-5-15(6-9-17)25-20-4-2-3-19(20)21-14-18(10-12-23(21)28-25)33(30,31)29-24-13-16(26)7-11-22(24)27/h2-3,5-14,19-20,25,28-29H,4H2,1H3/t19-,20+,25+/m0/s1. The lowest BCUT2D eigenvalue weighted by molar-refractivity contribution is 0.411. The van der Waals surface area contributed by atoms with Crippen LogP contribution in [-0.4, -0.2) is 15.5 Å². The van der Waals surface area contributed by atoms with Crippen molar-refractivity contribution in [2.24, 2.45) is 5.92 Å². The molecule has 1 aliphatic carbocycles. The van der Waals surface area contributed by atoms with Gasteiger partial charge in [0.15, 0.2) is 0 Å². The van der Waals surface area contributed by atoms with E-state index in [1.165, 1.54) is 11.6 Å². The van der Waals surface area contributed by atoms with Gasteiger partial charge in [0.25, 0.3) is 10.0 Å². The van der Waals surface area contributed by atoms with Crippen molar-refractivity contribution >= 4 is 44.6 Å². The van der Waals surface area contributed by atoms with Gasteiger partial charge in [-0.05, 0) is 72.0 Å². The summed E-state index contributed by atoms with van der Waals surface area (Å²) in [6.07, 6.45) is 5.27. The van der Waals surface area contributed by atoms with E-state index < -0.39 is 10.0 Å². The van der Waals surface area contributed by atoms with E-state index in [2.05, 4.69) is 34.3 Å². The zero-order valence-corrected chi connectivity index (χ0v) is 20.1. The third-order valence-electron chi connectivity index (χ3n) is 6.29. The highest BCUT2D eigenvalue weighted by atomic mass is 35.5. The second-order valence-corrected chi connectivity index (χ2v) is 10.8. The van der Waals surface area contributed by atoms with Crippen molar-refractivity contribution in [3.8, 4) is 5.75 Å². The first-order valence-electron chi connectivity index (χ1n) is 10.5. The molecule has 3 aromatic carbocycles. The molecule has 33 heavy (non-hydrogen) atoms. The summed E-state index contributed by atoms with van der Waals surface area (Å²) < 4.78 is 34.1. The number of hydrogen-bond acceptors (Lipinski definition) is 4. The number of hydrogen-bond donors (Lipinski definition) is 2. The summed E-state index contributed by atoms with van der Waals surface area (Å²) in [5.41, 5.74) is 3.33. The molecule has 1 aliphatic heterocycles. The van der Waals surface area contributed by atoms with Crippen LogP contribution in [0.25, 0.3) is 0 Å². The minimum atomic E-state index is -3.85. The van der Waals surface area contributed by atoms with Crippen molar-refractivity contribution in [2.45, 2.75) is 23.3 Å². The highest BCUT2D eigenvalue weighted by Crippen LogP contribution is 2.50. The van der Waals surface area contributed by atoms with E-state index in [1.54, 1.807) is 31.4 Å². The van der Waals surface area contributed by atoms with Crippen LogP contribution in [-0.2, 0) is 10.0 Å². The van der Waals surface area contributed by atoms with Crippen molar-refractivity contribution in [1.29, 1.82) is 0 Å². The Bertz CT molecular complexity index is 1340. The molecule has 2 N–H and O–H groups in total. The first-order chi connectivity index (χ1) is 15.9. The van der Waals surface area contributed by atoms with Crippen LogP contribution in [0.2, 0.25) is 10.0 Å². The van der Waals surface area contributed by atoms with E-state index >= 15 is 0 Å². The highest BCUT2D eigenvalue weighted by molar-refractivity contribution is 7.92. The van der Waals surface area contributed by atoms with Crippen LogP contribution in [0.3, 0.4) is 0 Å². The summed E-state index contributed by atoms with van der Waals surface area (Å²) in [6.45, 7) is 0. The van der Waals surface area contributed by atoms with E-state index in [-0.39, 0.29) is 27.6 Å². The molecule has 0 unspecified atom stereocenters. The molecule has 0 fully saturated rings. The Kier molecular flexibility index (Phi) is 5.77. The first kappa shape index (κ1) is 22.1. The van der Waals surface area contributed by atoms with Gasteiger partial charge in [0.2, 0.25) is 0 Å². The molecule has 0 radical (unpaired) electrons. The largest absolute Gasteiger partial charge is 0.497 e. The number of ether oxygens (including phenoxy) is 1. The van der Waals surface area contributed by atoms with E-state index in [0.29, 0.717) is 10.9 Å². The van der Waals surface area contributed by atoms with Gasteiger partial charge in [0.05, 0.1) is 28.8 Å². The average molecular weight is 501 g/mol. The third kappa shape index (κ3) is 4.19. The number of anilines is 2. The van der Waals surface area contributed by atoms with Crippen molar-refractivity contribution < 1.29 is 13.2 Å². The summed E-state index contributed by atoms with van der Waals surface area (Å²) in [5.74, 6) is 1.23. The molecule has 0 saturated carbocycles. The SMILES string of the molecule is COc1ccc([C@H]2Nc3ccc(S(=O)(=O)Nc4cc(Cl)ccc4Cl)cc3[C@H]3C=CC[C@H]32)cc1.